The molecule has 2 aliphatic carbocycles. The molecule has 0 saturated heterocycles. The van der Waals surface area contributed by atoms with E-state index in [2.05, 4.69) is 64.4 Å². The summed E-state index contributed by atoms with van der Waals surface area (Å²) in [5.41, 5.74) is 1.48. The van der Waals surface area contributed by atoms with Gasteiger partial charge in [0.1, 0.15) is 0 Å². The zero-order valence-electron chi connectivity index (χ0n) is 12.5. The van der Waals surface area contributed by atoms with E-state index in [0.717, 1.165) is 18.5 Å². The van der Waals surface area contributed by atoms with Gasteiger partial charge in [-0.3, -0.25) is 4.90 Å². The Kier molecular flexibility index (Phi) is 4.49. The van der Waals surface area contributed by atoms with Crippen LogP contribution in [0, 0.1) is 0 Å². The third-order valence-electron chi connectivity index (χ3n) is 5.00. The van der Waals surface area contributed by atoms with Gasteiger partial charge in [-0.2, -0.15) is 0 Å². The number of hydrogen-bond acceptors (Lipinski definition) is 2. The van der Waals surface area contributed by atoms with Gasteiger partial charge in [0.15, 0.2) is 0 Å². The van der Waals surface area contributed by atoms with Gasteiger partial charge in [-0.15, -0.1) is 0 Å². The molecule has 110 valence electrons. The number of hydrogen-bond donors (Lipinski definition) is 1. The zero-order chi connectivity index (χ0) is 14.1. The second kappa shape index (κ2) is 6.17. The van der Waals surface area contributed by atoms with Gasteiger partial charge in [0.2, 0.25) is 0 Å². The van der Waals surface area contributed by atoms with Gasteiger partial charge in [-0.05, 0) is 57.2 Å². The minimum Gasteiger partial charge on any atom is -0.312 e. The number of nitrogens with zero attached hydrogens (tertiary/aromatic N) is 1. The molecule has 0 aromatic heterocycles. The van der Waals surface area contributed by atoms with Gasteiger partial charge in [0, 0.05) is 29.1 Å². The highest BCUT2D eigenvalue weighted by Gasteiger charge is 2.33. The lowest BCUT2D eigenvalue weighted by Crippen LogP contribution is -2.46. The van der Waals surface area contributed by atoms with Crippen molar-refractivity contribution in [1.82, 2.24) is 10.2 Å². The standard InChI is InChI=1S/C17H25BrN2/c1-12(20(2)15-7-8-15)11-19-14-9-13(10-14)16-5-3-4-6-17(16)18/h3-6,12-15,19H,7-11H2,1-2H3. The molecule has 0 bridgehead atoms. The molecule has 1 aromatic carbocycles. The second-order valence-corrected chi connectivity index (χ2v) is 7.40. The Morgan fingerprint density at radius 1 is 1.30 bits per heavy atom. The minimum absolute atomic E-state index is 0.657. The van der Waals surface area contributed by atoms with Gasteiger partial charge < -0.3 is 5.32 Å². The normalized spacial score (nSPS) is 27.4. The van der Waals surface area contributed by atoms with Crippen LogP contribution in [0.25, 0.3) is 0 Å². The smallest absolute Gasteiger partial charge is 0.0210 e. The quantitative estimate of drug-likeness (QED) is 0.850. The van der Waals surface area contributed by atoms with Crippen molar-refractivity contribution in [2.45, 2.75) is 56.7 Å². The van der Waals surface area contributed by atoms with E-state index in [1.165, 1.54) is 35.7 Å². The first kappa shape index (κ1) is 14.6. The van der Waals surface area contributed by atoms with Crippen molar-refractivity contribution in [3.8, 4) is 0 Å². The lowest BCUT2D eigenvalue weighted by Gasteiger charge is -2.38. The molecule has 1 aromatic rings. The minimum atomic E-state index is 0.657. The third-order valence-corrected chi connectivity index (χ3v) is 5.73. The Balaban J connectivity index is 1.41. The van der Waals surface area contributed by atoms with Gasteiger partial charge >= 0.3 is 0 Å². The van der Waals surface area contributed by atoms with Crippen LogP contribution in [0.5, 0.6) is 0 Å². The topological polar surface area (TPSA) is 15.3 Å². The number of benzene rings is 1. The first-order valence-corrected chi connectivity index (χ1v) is 8.64. The van der Waals surface area contributed by atoms with Gasteiger partial charge in [0.05, 0.1) is 0 Å². The zero-order valence-corrected chi connectivity index (χ0v) is 14.1. The van der Waals surface area contributed by atoms with Crippen molar-refractivity contribution in [2.75, 3.05) is 13.6 Å². The van der Waals surface area contributed by atoms with Crippen LogP contribution in [0.2, 0.25) is 0 Å². The van der Waals surface area contributed by atoms with Crippen molar-refractivity contribution in [3.05, 3.63) is 34.3 Å². The summed E-state index contributed by atoms with van der Waals surface area (Å²) in [5.74, 6) is 0.736. The molecule has 2 nitrogen and oxygen atoms in total. The molecule has 2 saturated carbocycles. The summed E-state index contributed by atoms with van der Waals surface area (Å²) in [7, 11) is 2.27. The second-order valence-electron chi connectivity index (χ2n) is 6.54. The molecule has 1 unspecified atom stereocenters. The van der Waals surface area contributed by atoms with Crippen molar-refractivity contribution < 1.29 is 0 Å². The third kappa shape index (κ3) is 3.26. The summed E-state index contributed by atoms with van der Waals surface area (Å²) >= 11 is 3.67. The molecular formula is C17H25BrN2. The highest BCUT2D eigenvalue weighted by Crippen LogP contribution is 2.40. The highest BCUT2D eigenvalue weighted by molar-refractivity contribution is 9.10. The number of halogens is 1. The van der Waals surface area contributed by atoms with Crippen LogP contribution >= 0.6 is 15.9 Å². The molecular weight excluding hydrogens is 312 g/mol. The average Bonchev–Trinajstić information content (AvgIpc) is 3.22. The molecule has 0 heterocycles. The monoisotopic (exact) mass is 336 g/mol. The van der Waals surface area contributed by atoms with Crippen molar-refractivity contribution in [3.63, 3.8) is 0 Å². The summed E-state index contributed by atoms with van der Waals surface area (Å²) in [4.78, 5) is 2.54. The number of nitrogens with one attached hydrogen (secondary N) is 1. The van der Waals surface area contributed by atoms with Gasteiger partial charge in [-0.25, -0.2) is 0 Å². The first-order valence-electron chi connectivity index (χ1n) is 7.85. The van der Waals surface area contributed by atoms with Crippen LogP contribution in [-0.2, 0) is 0 Å². The van der Waals surface area contributed by atoms with Gasteiger partial charge in [-0.1, -0.05) is 34.1 Å². The maximum Gasteiger partial charge on any atom is 0.0210 e. The molecule has 3 heteroatoms. The van der Waals surface area contributed by atoms with Crippen molar-refractivity contribution >= 4 is 15.9 Å². The van der Waals surface area contributed by atoms with Crippen LogP contribution < -0.4 is 5.32 Å². The number of likely N-dealkylation sites (N-methyl/N-ethyl adjacent to an activating group) is 1. The van der Waals surface area contributed by atoms with E-state index in [-0.39, 0.29) is 0 Å². The highest BCUT2D eigenvalue weighted by atomic mass is 79.9. The molecule has 1 atom stereocenters. The Hall–Kier alpha value is -0.380. The molecule has 0 spiro atoms. The molecule has 0 radical (unpaired) electrons. The molecule has 0 aliphatic heterocycles. The van der Waals surface area contributed by atoms with E-state index in [1.807, 2.05) is 0 Å². The predicted molar refractivity (Wildman–Crippen MR) is 88.2 cm³/mol. The summed E-state index contributed by atoms with van der Waals surface area (Å²) in [5, 5.41) is 3.74. The van der Waals surface area contributed by atoms with Gasteiger partial charge in [0.25, 0.3) is 0 Å². The van der Waals surface area contributed by atoms with E-state index in [9.17, 15) is 0 Å². The fourth-order valence-electron chi connectivity index (χ4n) is 3.17. The Morgan fingerprint density at radius 2 is 2.00 bits per heavy atom. The summed E-state index contributed by atoms with van der Waals surface area (Å²) in [6.45, 7) is 3.47. The predicted octanol–water partition coefficient (Wildman–Crippen LogP) is 3.77. The summed E-state index contributed by atoms with van der Waals surface area (Å²) in [6.07, 6.45) is 5.35. The van der Waals surface area contributed by atoms with Crippen LogP contribution in [0.15, 0.2) is 28.7 Å². The Bertz CT molecular complexity index is 452. The molecule has 20 heavy (non-hydrogen) atoms. The first-order chi connectivity index (χ1) is 9.65. The van der Waals surface area contributed by atoms with E-state index in [1.54, 1.807) is 0 Å². The Labute approximate surface area is 131 Å². The average molecular weight is 337 g/mol. The van der Waals surface area contributed by atoms with E-state index >= 15 is 0 Å². The molecule has 1 N–H and O–H groups in total. The Morgan fingerprint density at radius 3 is 2.65 bits per heavy atom. The molecule has 0 amide bonds. The fraction of sp³-hybridized carbons (Fsp3) is 0.647. The van der Waals surface area contributed by atoms with Crippen LogP contribution in [0.1, 0.15) is 44.1 Å². The van der Waals surface area contributed by atoms with Crippen LogP contribution in [-0.4, -0.2) is 36.6 Å². The lowest BCUT2D eigenvalue weighted by atomic mass is 9.76. The fourth-order valence-corrected chi connectivity index (χ4v) is 3.78. The molecule has 3 rings (SSSR count). The summed E-state index contributed by atoms with van der Waals surface area (Å²) < 4.78 is 1.27. The molecule has 2 fully saturated rings. The van der Waals surface area contributed by atoms with E-state index in [4.69, 9.17) is 0 Å². The maximum absolute atomic E-state index is 3.74. The van der Waals surface area contributed by atoms with E-state index < -0.39 is 0 Å². The largest absolute Gasteiger partial charge is 0.312 e. The maximum atomic E-state index is 3.74. The SMILES string of the molecule is CC(CNC1CC(c2ccccc2Br)C1)N(C)C1CC1. The van der Waals surface area contributed by atoms with Crippen molar-refractivity contribution in [1.29, 1.82) is 0 Å². The summed E-state index contributed by atoms with van der Waals surface area (Å²) in [6, 6.07) is 10.9. The lowest BCUT2D eigenvalue weighted by molar-refractivity contribution is 0.213. The van der Waals surface area contributed by atoms with Crippen LogP contribution in [0.3, 0.4) is 0 Å². The van der Waals surface area contributed by atoms with Crippen LogP contribution in [0.4, 0.5) is 0 Å². The van der Waals surface area contributed by atoms with E-state index in [0.29, 0.717) is 12.1 Å². The molecule has 2 aliphatic rings. The van der Waals surface area contributed by atoms with Crippen molar-refractivity contribution in [2.24, 2.45) is 0 Å². The number of rotatable bonds is 6.